The minimum atomic E-state index is -0.276. The monoisotopic (exact) mass is 275 g/mol. The lowest BCUT2D eigenvalue weighted by Gasteiger charge is -2.11. The molecule has 0 saturated heterocycles. The van der Waals surface area contributed by atoms with Gasteiger partial charge < -0.3 is 14.8 Å². The zero-order chi connectivity index (χ0) is 14.5. The van der Waals surface area contributed by atoms with E-state index < -0.39 is 0 Å². The highest BCUT2D eigenvalue weighted by molar-refractivity contribution is 5.51. The molecule has 0 aliphatic heterocycles. The maximum atomic E-state index is 13.8. The summed E-state index contributed by atoms with van der Waals surface area (Å²) in [5.74, 6) is 1.08. The van der Waals surface area contributed by atoms with Crippen LogP contribution in [-0.4, -0.2) is 14.2 Å². The molecule has 2 aromatic carbocycles. The molecule has 0 spiro atoms. The first kappa shape index (κ1) is 14.2. The number of benzene rings is 2. The summed E-state index contributed by atoms with van der Waals surface area (Å²) >= 11 is 0. The zero-order valence-electron chi connectivity index (χ0n) is 11.9. The number of methoxy groups -OCH3 is 2. The van der Waals surface area contributed by atoms with Crippen LogP contribution in [0.4, 0.5) is 10.1 Å². The van der Waals surface area contributed by atoms with E-state index in [4.69, 9.17) is 9.47 Å². The molecule has 0 amide bonds. The standard InChI is InChI=1S/C16H18FNO2/c1-11-8-13(5-7-16(11)20-3)18-10-12-4-6-14(19-2)9-15(12)17/h4-9,18H,10H2,1-3H3. The van der Waals surface area contributed by atoms with Crippen molar-refractivity contribution in [2.45, 2.75) is 13.5 Å². The van der Waals surface area contributed by atoms with E-state index in [1.54, 1.807) is 19.2 Å². The molecule has 0 aliphatic carbocycles. The maximum absolute atomic E-state index is 13.8. The van der Waals surface area contributed by atoms with Crippen molar-refractivity contribution < 1.29 is 13.9 Å². The van der Waals surface area contributed by atoms with E-state index in [9.17, 15) is 4.39 Å². The fraction of sp³-hybridized carbons (Fsp3) is 0.250. The molecule has 4 heteroatoms. The van der Waals surface area contributed by atoms with Crippen LogP contribution in [0.2, 0.25) is 0 Å². The maximum Gasteiger partial charge on any atom is 0.131 e. The molecular formula is C16H18FNO2. The van der Waals surface area contributed by atoms with Crippen LogP contribution in [0, 0.1) is 12.7 Å². The lowest BCUT2D eigenvalue weighted by Crippen LogP contribution is -2.02. The van der Waals surface area contributed by atoms with E-state index in [-0.39, 0.29) is 5.82 Å². The highest BCUT2D eigenvalue weighted by Gasteiger charge is 2.05. The van der Waals surface area contributed by atoms with Crippen LogP contribution < -0.4 is 14.8 Å². The second kappa shape index (κ2) is 6.28. The zero-order valence-corrected chi connectivity index (χ0v) is 11.9. The number of halogens is 1. The quantitative estimate of drug-likeness (QED) is 0.901. The van der Waals surface area contributed by atoms with Gasteiger partial charge in [0.2, 0.25) is 0 Å². The third kappa shape index (κ3) is 3.20. The minimum absolute atomic E-state index is 0.276. The van der Waals surface area contributed by atoms with Crippen LogP contribution >= 0.6 is 0 Å². The number of rotatable bonds is 5. The summed E-state index contributed by atoms with van der Waals surface area (Å²) in [5, 5.41) is 3.20. The van der Waals surface area contributed by atoms with Gasteiger partial charge in [-0.25, -0.2) is 4.39 Å². The molecule has 0 saturated carbocycles. The minimum Gasteiger partial charge on any atom is -0.497 e. The van der Waals surface area contributed by atoms with Gasteiger partial charge in [-0.15, -0.1) is 0 Å². The smallest absolute Gasteiger partial charge is 0.131 e. The first-order valence-electron chi connectivity index (χ1n) is 6.35. The van der Waals surface area contributed by atoms with Crippen molar-refractivity contribution in [3.8, 4) is 11.5 Å². The Hall–Kier alpha value is -2.23. The van der Waals surface area contributed by atoms with Gasteiger partial charge >= 0.3 is 0 Å². The Kier molecular flexibility index (Phi) is 4.45. The van der Waals surface area contributed by atoms with E-state index in [0.29, 0.717) is 17.9 Å². The van der Waals surface area contributed by atoms with Gasteiger partial charge in [-0.1, -0.05) is 6.07 Å². The normalized spacial score (nSPS) is 10.2. The van der Waals surface area contributed by atoms with Crippen LogP contribution in [0.5, 0.6) is 11.5 Å². The van der Waals surface area contributed by atoms with Gasteiger partial charge in [0.05, 0.1) is 14.2 Å². The van der Waals surface area contributed by atoms with Crippen molar-refractivity contribution >= 4 is 5.69 Å². The Morgan fingerprint density at radius 2 is 1.85 bits per heavy atom. The molecule has 0 fully saturated rings. The van der Waals surface area contributed by atoms with Gasteiger partial charge in [-0.2, -0.15) is 0 Å². The first-order valence-corrected chi connectivity index (χ1v) is 6.35. The molecule has 2 aromatic rings. The van der Waals surface area contributed by atoms with Gasteiger partial charge in [0.1, 0.15) is 17.3 Å². The van der Waals surface area contributed by atoms with Crippen molar-refractivity contribution in [2.24, 2.45) is 0 Å². The molecule has 0 bridgehead atoms. The van der Waals surface area contributed by atoms with E-state index in [1.165, 1.54) is 13.2 Å². The van der Waals surface area contributed by atoms with Crippen molar-refractivity contribution in [2.75, 3.05) is 19.5 Å². The molecular weight excluding hydrogens is 257 g/mol. The summed E-state index contributed by atoms with van der Waals surface area (Å²) in [5.41, 5.74) is 2.56. The third-order valence-electron chi connectivity index (χ3n) is 3.14. The molecule has 0 radical (unpaired) electrons. The van der Waals surface area contributed by atoms with E-state index >= 15 is 0 Å². The molecule has 0 aromatic heterocycles. The summed E-state index contributed by atoms with van der Waals surface area (Å²) < 4.78 is 24.0. The van der Waals surface area contributed by atoms with Crippen molar-refractivity contribution in [1.29, 1.82) is 0 Å². The van der Waals surface area contributed by atoms with Crippen LogP contribution in [0.3, 0.4) is 0 Å². The number of hydrogen-bond acceptors (Lipinski definition) is 3. The van der Waals surface area contributed by atoms with Gasteiger partial charge in [0, 0.05) is 23.9 Å². The number of hydrogen-bond donors (Lipinski definition) is 1. The highest BCUT2D eigenvalue weighted by atomic mass is 19.1. The lowest BCUT2D eigenvalue weighted by atomic mass is 10.1. The first-order chi connectivity index (χ1) is 9.63. The third-order valence-corrected chi connectivity index (χ3v) is 3.14. The molecule has 0 aliphatic rings. The van der Waals surface area contributed by atoms with Crippen molar-refractivity contribution in [3.63, 3.8) is 0 Å². The SMILES string of the molecule is COc1ccc(CNc2ccc(OC)c(C)c2)c(F)c1. The predicted octanol–water partition coefficient (Wildman–Crippen LogP) is 3.76. The van der Waals surface area contributed by atoms with Gasteiger partial charge in [-0.3, -0.25) is 0 Å². The summed E-state index contributed by atoms with van der Waals surface area (Å²) in [6, 6.07) is 10.6. The van der Waals surface area contributed by atoms with Gasteiger partial charge in [0.25, 0.3) is 0 Å². The van der Waals surface area contributed by atoms with Crippen LogP contribution in [0.1, 0.15) is 11.1 Å². The fourth-order valence-electron chi connectivity index (χ4n) is 1.98. The number of ether oxygens (including phenoxy) is 2. The molecule has 106 valence electrons. The molecule has 0 unspecified atom stereocenters. The van der Waals surface area contributed by atoms with Crippen LogP contribution in [0.15, 0.2) is 36.4 Å². The molecule has 20 heavy (non-hydrogen) atoms. The van der Waals surface area contributed by atoms with Crippen molar-refractivity contribution in [1.82, 2.24) is 0 Å². The number of anilines is 1. The summed E-state index contributed by atoms with van der Waals surface area (Å²) in [6.45, 7) is 2.39. The molecule has 0 atom stereocenters. The largest absolute Gasteiger partial charge is 0.497 e. The lowest BCUT2D eigenvalue weighted by molar-refractivity contribution is 0.410. The number of aryl methyl sites for hydroxylation is 1. The fourth-order valence-corrected chi connectivity index (χ4v) is 1.98. The topological polar surface area (TPSA) is 30.5 Å². The van der Waals surface area contributed by atoms with E-state index in [1.807, 2.05) is 25.1 Å². The van der Waals surface area contributed by atoms with Gasteiger partial charge in [-0.05, 0) is 36.8 Å². The Labute approximate surface area is 118 Å². The molecule has 1 N–H and O–H groups in total. The number of nitrogens with one attached hydrogen (secondary N) is 1. The Balaban J connectivity index is 2.07. The average Bonchev–Trinajstić information content (AvgIpc) is 2.46. The second-order valence-corrected chi connectivity index (χ2v) is 4.50. The molecule has 3 nitrogen and oxygen atoms in total. The van der Waals surface area contributed by atoms with Crippen LogP contribution in [0.25, 0.3) is 0 Å². The van der Waals surface area contributed by atoms with E-state index in [0.717, 1.165) is 17.0 Å². The summed E-state index contributed by atoms with van der Waals surface area (Å²) in [6.07, 6.45) is 0. The predicted molar refractivity (Wildman–Crippen MR) is 78.0 cm³/mol. The Morgan fingerprint density at radius 3 is 2.45 bits per heavy atom. The summed E-state index contributed by atoms with van der Waals surface area (Å²) in [7, 11) is 3.16. The Morgan fingerprint density at radius 1 is 1.05 bits per heavy atom. The highest BCUT2D eigenvalue weighted by Crippen LogP contribution is 2.22. The summed E-state index contributed by atoms with van der Waals surface area (Å²) in [4.78, 5) is 0. The molecule has 2 rings (SSSR count). The van der Waals surface area contributed by atoms with E-state index in [2.05, 4.69) is 5.32 Å². The molecule has 0 heterocycles. The van der Waals surface area contributed by atoms with Gasteiger partial charge in [0.15, 0.2) is 0 Å². The Bertz CT molecular complexity index is 599. The van der Waals surface area contributed by atoms with Crippen molar-refractivity contribution in [3.05, 3.63) is 53.3 Å². The average molecular weight is 275 g/mol. The van der Waals surface area contributed by atoms with Crippen LogP contribution in [-0.2, 0) is 6.54 Å². The second-order valence-electron chi connectivity index (χ2n) is 4.50.